The zero-order chi connectivity index (χ0) is 10.9. The molecule has 0 radical (unpaired) electrons. The maximum Gasteiger partial charge on any atom is 0.273 e. The van der Waals surface area contributed by atoms with Gasteiger partial charge in [0, 0.05) is 21.7 Å². The number of benzene rings is 1. The van der Waals surface area contributed by atoms with Crippen LogP contribution in [-0.4, -0.2) is 10.2 Å². The van der Waals surface area contributed by atoms with Gasteiger partial charge in [-0.15, -0.1) is 0 Å². The molecule has 0 amide bonds. The van der Waals surface area contributed by atoms with Gasteiger partial charge in [0.25, 0.3) is 10.9 Å². The van der Waals surface area contributed by atoms with Crippen LogP contribution in [0.4, 0.5) is 5.69 Å². The first kappa shape index (κ1) is 11.1. The van der Waals surface area contributed by atoms with E-state index in [1.54, 1.807) is 6.92 Å². The van der Waals surface area contributed by atoms with Gasteiger partial charge in [0.15, 0.2) is 0 Å². The third-order valence-corrected chi connectivity index (χ3v) is 2.99. The molecule has 0 aliphatic heterocycles. The van der Waals surface area contributed by atoms with E-state index in [-0.39, 0.29) is 11.3 Å². The van der Waals surface area contributed by atoms with Crippen LogP contribution in [-0.2, 0) is 0 Å². The van der Waals surface area contributed by atoms with Crippen molar-refractivity contribution in [3.63, 3.8) is 0 Å². The number of nitro benzene ring substituents is 1. The van der Waals surface area contributed by atoms with E-state index in [4.69, 9.17) is 11.6 Å². The largest absolute Gasteiger partial charge is 0.276 e. The Morgan fingerprint density at radius 1 is 1.57 bits per heavy atom. The summed E-state index contributed by atoms with van der Waals surface area (Å²) in [5.74, 6) is 0. The molecule has 1 rings (SSSR count). The predicted molar refractivity (Wildman–Crippen MR) is 55.7 cm³/mol. The molecule has 0 aliphatic rings. The van der Waals surface area contributed by atoms with Crippen molar-refractivity contribution in [2.75, 3.05) is 0 Å². The highest BCUT2D eigenvalue weighted by atomic mass is 79.9. The fourth-order valence-corrected chi connectivity index (χ4v) is 1.81. The highest BCUT2D eigenvalue weighted by Crippen LogP contribution is 2.29. The van der Waals surface area contributed by atoms with Crippen molar-refractivity contribution in [1.82, 2.24) is 0 Å². The Bertz CT molecular complexity index is 380. The minimum Gasteiger partial charge on any atom is -0.276 e. The lowest BCUT2D eigenvalue weighted by Gasteiger charge is -2.03. The summed E-state index contributed by atoms with van der Waals surface area (Å²) in [6, 6.07) is 2.58. The first-order valence-corrected chi connectivity index (χ1v) is 4.75. The molecule has 4 nitrogen and oxygen atoms in total. The Balaban J connectivity index is 3.41. The van der Waals surface area contributed by atoms with Crippen LogP contribution < -0.4 is 0 Å². The van der Waals surface area contributed by atoms with E-state index >= 15 is 0 Å². The summed E-state index contributed by atoms with van der Waals surface area (Å²) in [7, 11) is 0. The third kappa shape index (κ3) is 1.93. The topological polar surface area (TPSA) is 60.2 Å². The van der Waals surface area contributed by atoms with Gasteiger partial charge in [-0.05, 0) is 40.5 Å². The van der Waals surface area contributed by atoms with Crippen LogP contribution in [0, 0.1) is 17.0 Å². The van der Waals surface area contributed by atoms with E-state index in [0.717, 1.165) is 0 Å². The monoisotopic (exact) mass is 277 g/mol. The lowest BCUT2D eigenvalue weighted by molar-refractivity contribution is -0.385. The SMILES string of the molecule is Cc1c([N+](=O)[O-])ccc(C(=O)Cl)c1Br. The second-order valence-electron chi connectivity index (χ2n) is 2.60. The van der Waals surface area contributed by atoms with Crippen LogP contribution in [0.15, 0.2) is 16.6 Å². The van der Waals surface area contributed by atoms with Crippen molar-refractivity contribution < 1.29 is 9.72 Å². The van der Waals surface area contributed by atoms with Crippen molar-refractivity contribution in [3.05, 3.63) is 37.8 Å². The Kier molecular flexibility index (Phi) is 3.23. The average molecular weight is 278 g/mol. The average Bonchev–Trinajstić information content (AvgIpc) is 2.08. The number of nitrogens with zero attached hydrogens (tertiary/aromatic N) is 1. The van der Waals surface area contributed by atoms with Gasteiger partial charge in [0.2, 0.25) is 0 Å². The Morgan fingerprint density at radius 2 is 2.14 bits per heavy atom. The number of halogens is 2. The zero-order valence-electron chi connectivity index (χ0n) is 7.08. The Morgan fingerprint density at radius 3 is 2.57 bits per heavy atom. The van der Waals surface area contributed by atoms with E-state index in [2.05, 4.69) is 15.9 Å². The van der Waals surface area contributed by atoms with Gasteiger partial charge in [0.1, 0.15) is 0 Å². The molecule has 0 unspecified atom stereocenters. The van der Waals surface area contributed by atoms with Gasteiger partial charge in [-0.2, -0.15) is 0 Å². The standard InChI is InChI=1S/C8H5BrClNO3/c1-4-6(11(13)14)3-2-5(7(4)9)8(10)12/h2-3H,1H3. The highest BCUT2D eigenvalue weighted by molar-refractivity contribution is 9.10. The first-order chi connectivity index (χ1) is 6.45. The summed E-state index contributed by atoms with van der Waals surface area (Å²) in [5, 5.41) is 9.88. The summed E-state index contributed by atoms with van der Waals surface area (Å²) in [5.41, 5.74) is 0.579. The molecule has 0 saturated carbocycles. The Hall–Kier alpha value is -0.940. The number of carbonyl (C=O) groups excluding carboxylic acids is 1. The van der Waals surface area contributed by atoms with Gasteiger partial charge in [-0.3, -0.25) is 14.9 Å². The van der Waals surface area contributed by atoms with Crippen LogP contribution in [0.3, 0.4) is 0 Å². The second-order valence-corrected chi connectivity index (χ2v) is 3.74. The lowest BCUT2D eigenvalue weighted by atomic mass is 10.1. The van der Waals surface area contributed by atoms with Crippen LogP contribution in [0.2, 0.25) is 0 Å². The molecule has 74 valence electrons. The molecule has 0 aliphatic carbocycles. The third-order valence-electron chi connectivity index (χ3n) is 1.77. The minimum atomic E-state index is -0.644. The van der Waals surface area contributed by atoms with Crippen molar-refractivity contribution >= 4 is 38.5 Å². The number of carbonyl (C=O) groups is 1. The van der Waals surface area contributed by atoms with Crippen LogP contribution in [0.1, 0.15) is 15.9 Å². The fourth-order valence-electron chi connectivity index (χ4n) is 1.02. The van der Waals surface area contributed by atoms with Gasteiger partial charge in [-0.1, -0.05) is 0 Å². The zero-order valence-corrected chi connectivity index (χ0v) is 9.42. The fraction of sp³-hybridized carbons (Fsp3) is 0.125. The lowest BCUT2D eigenvalue weighted by Crippen LogP contribution is -1.97. The molecule has 1 aromatic rings. The molecule has 6 heteroatoms. The van der Waals surface area contributed by atoms with Gasteiger partial charge >= 0.3 is 0 Å². The number of rotatable bonds is 2. The van der Waals surface area contributed by atoms with Crippen LogP contribution >= 0.6 is 27.5 Å². The molecule has 0 atom stereocenters. The van der Waals surface area contributed by atoms with E-state index < -0.39 is 10.2 Å². The van der Waals surface area contributed by atoms with Gasteiger partial charge in [-0.25, -0.2) is 0 Å². The minimum absolute atomic E-state index is 0.0430. The molecule has 0 N–H and O–H groups in total. The molecule has 0 saturated heterocycles. The normalized spacial score (nSPS) is 9.93. The molecule has 0 aromatic heterocycles. The maximum absolute atomic E-state index is 10.9. The number of nitro groups is 1. The van der Waals surface area contributed by atoms with Gasteiger partial charge < -0.3 is 0 Å². The maximum atomic E-state index is 10.9. The molecular weight excluding hydrogens is 273 g/mol. The molecule has 0 spiro atoms. The summed E-state index contributed by atoms with van der Waals surface area (Å²) in [6.07, 6.45) is 0. The summed E-state index contributed by atoms with van der Waals surface area (Å²) in [4.78, 5) is 20.9. The summed E-state index contributed by atoms with van der Waals surface area (Å²) in [6.45, 7) is 1.55. The van der Waals surface area contributed by atoms with Crippen molar-refractivity contribution in [2.45, 2.75) is 6.92 Å². The van der Waals surface area contributed by atoms with Crippen molar-refractivity contribution in [3.8, 4) is 0 Å². The van der Waals surface area contributed by atoms with E-state index in [1.807, 2.05) is 0 Å². The Labute approximate surface area is 93.1 Å². The summed E-state index contributed by atoms with van der Waals surface area (Å²) >= 11 is 8.36. The molecular formula is C8H5BrClNO3. The molecule has 0 fully saturated rings. The molecule has 0 heterocycles. The van der Waals surface area contributed by atoms with Crippen molar-refractivity contribution in [2.24, 2.45) is 0 Å². The van der Waals surface area contributed by atoms with Crippen LogP contribution in [0.25, 0.3) is 0 Å². The second kappa shape index (κ2) is 4.06. The smallest absolute Gasteiger partial charge is 0.273 e. The molecule has 1 aromatic carbocycles. The predicted octanol–water partition coefficient (Wildman–Crippen LogP) is 3.04. The quantitative estimate of drug-likeness (QED) is 0.474. The van der Waals surface area contributed by atoms with E-state index in [1.165, 1.54) is 12.1 Å². The van der Waals surface area contributed by atoms with Crippen LogP contribution in [0.5, 0.6) is 0 Å². The molecule has 14 heavy (non-hydrogen) atoms. The number of hydrogen-bond acceptors (Lipinski definition) is 3. The highest BCUT2D eigenvalue weighted by Gasteiger charge is 2.18. The first-order valence-electron chi connectivity index (χ1n) is 3.58. The van der Waals surface area contributed by atoms with E-state index in [9.17, 15) is 14.9 Å². The summed E-state index contributed by atoms with van der Waals surface area (Å²) < 4.78 is 0.367. The van der Waals surface area contributed by atoms with E-state index in [0.29, 0.717) is 10.0 Å². The van der Waals surface area contributed by atoms with Gasteiger partial charge in [0.05, 0.1) is 4.92 Å². The molecule has 0 bridgehead atoms. The number of hydrogen-bond donors (Lipinski definition) is 0. The van der Waals surface area contributed by atoms with Crippen molar-refractivity contribution in [1.29, 1.82) is 0 Å².